The van der Waals surface area contributed by atoms with E-state index in [9.17, 15) is 4.79 Å². The molecule has 0 aromatic carbocycles. The van der Waals surface area contributed by atoms with E-state index in [1.54, 1.807) is 17.9 Å². The van der Waals surface area contributed by atoms with E-state index in [0.29, 0.717) is 49.7 Å². The molecule has 0 aliphatic carbocycles. The molecule has 20 heavy (non-hydrogen) atoms. The Balaban J connectivity index is 2.16. The van der Waals surface area contributed by atoms with Gasteiger partial charge in [0.2, 0.25) is 0 Å². The second-order valence-electron chi connectivity index (χ2n) is 5.04. The van der Waals surface area contributed by atoms with Crippen LogP contribution in [0.4, 0.5) is 5.82 Å². The lowest BCUT2D eigenvalue weighted by atomic mass is 10.2. The molecule has 1 aromatic heterocycles. The number of amides is 1. The first-order valence-corrected chi connectivity index (χ1v) is 7.09. The van der Waals surface area contributed by atoms with Crippen LogP contribution in [0.25, 0.3) is 0 Å². The van der Waals surface area contributed by atoms with Crippen molar-refractivity contribution >= 4 is 11.7 Å². The Hall–Kier alpha value is -1.69. The zero-order chi connectivity index (χ0) is 14.5. The number of hydrogen-bond acceptors (Lipinski definition) is 5. The summed E-state index contributed by atoms with van der Waals surface area (Å²) in [5.74, 6) is 1.27. The first-order valence-electron chi connectivity index (χ1n) is 7.09. The molecule has 2 rings (SSSR count). The summed E-state index contributed by atoms with van der Waals surface area (Å²) in [5.41, 5.74) is 0.449. The molecule has 1 amide bonds. The standard InChI is InChI=1S/C14H22N4O2/c1-4-10(2)15-13-9-12(16-11(3)17-13)14(19)18-5-7-20-8-6-18/h9-10H,4-8H2,1-3H3,(H,15,16,17). The Morgan fingerprint density at radius 3 is 2.80 bits per heavy atom. The summed E-state index contributed by atoms with van der Waals surface area (Å²) in [6.45, 7) is 8.41. The van der Waals surface area contributed by atoms with Crippen LogP contribution in [0.15, 0.2) is 6.07 Å². The quantitative estimate of drug-likeness (QED) is 0.903. The van der Waals surface area contributed by atoms with Gasteiger partial charge in [-0.25, -0.2) is 9.97 Å². The minimum absolute atomic E-state index is 0.0500. The van der Waals surface area contributed by atoms with Crippen molar-refractivity contribution in [3.8, 4) is 0 Å². The summed E-state index contributed by atoms with van der Waals surface area (Å²) >= 11 is 0. The van der Waals surface area contributed by atoms with E-state index in [1.165, 1.54) is 0 Å². The second kappa shape index (κ2) is 6.65. The minimum atomic E-state index is -0.0500. The molecule has 0 radical (unpaired) electrons. The summed E-state index contributed by atoms with van der Waals surface area (Å²) in [7, 11) is 0. The fraction of sp³-hybridized carbons (Fsp3) is 0.643. The molecule has 0 bridgehead atoms. The van der Waals surface area contributed by atoms with Crippen molar-refractivity contribution in [1.29, 1.82) is 0 Å². The minimum Gasteiger partial charge on any atom is -0.378 e. The van der Waals surface area contributed by atoms with Gasteiger partial charge in [-0.3, -0.25) is 4.79 Å². The number of morpholine rings is 1. The number of aryl methyl sites for hydroxylation is 1. The summed E-state index contributed by atoms with van der Waals surface area (Å²) in [4.78, 5) is 22.8. The fourth-order valence-electron chi connectivity index (χ4n) is 2.03. The van der Waals surface area contributed by atoms with Gasteiger partial charge in [-0.15, -0.1) is 0 Å². The number of carbonyl (C=O) groups is 1. The Kier molecular flexibility index (Phi) is 4.89. The number of nitrogens with zero attached hydrogens (tertiary/aromatic N) is 3. The highest BCUT2D eigenvalue weighted by Gasteiger charge is 2.20. The molecule has 2 heterocycles. The van der Waals surface area contributed by atoms with Crippen LogP contribution in [0.3, 0.4) is 0 Å². The van der Waals surface area contributed by atoms with Gasteiger partial charge >= 0.3 is 0 Å². The predicted octanol–water partition coefficient (Wildman–Crippen LogP) is 1.47. The van der Waals surface area contributed by atoms with E-state index in [1.807, 2.05) is 0 Å². The number of nitrogens with one attached hydrogen (secondary N) is 1. The van der Waals surface area contributed by atoms with E-state index >= 15 is 0 Å². The maximum atomic E-state index is 12.4. The van der Waals surface area contributed by atoms with Crippen molar-refractivity contribution in [2.75, 3.05) is 31.6 Å². The van der Waals surface area contributed by atoms with Crippen molar-refractivity contribution in [2.45, 2.75) is 33.2 Å². The second-order valence-corrected chi connectivity index (χ2v) is 5.04. The molecule has 6 nitrogen and oxygen atoms in total. The summed E-state index contributed by atoms with van der Waals surface area (Å²) in [5, 5.41) is 3.28. The molecular formula is C14H22N4O2. The van der Waals surface area contributed by atoms with Gasteiger partial charge in [0, 0.05) is 25.2 Å². The molecule has 1 unspecified atom stereocenters. The average Bonchev–Trinajstić information content (AvgIpc) is 2.46. The van der Waals surface area contributed by atoms with Crippen LogP contribution in [0.2, 0.25) is 0 Å². The number of carbonyl (C=O) groups excluding carboxylic acids is 1. The molecule has 1 atom stereocenters. The van der Waals surface area contributed by atoms with Gasteiger partial charge in [0.1, 0.15) is 17.3 Å². The van der Waals surface area contributed by atoms with Crippen LogP contribution in [0.1, 0.15) is 36.6 Å². The molecule has 1 aromatic rings. The monoisotopic (exact) mass is 278 g/mol. The number of aromatic nitrogens is 2. The van der Waals surface area contributed by atoms with Gasteiger partial charge in [-0.05, 0) is 20.3 Å². The molecule has 0 saturated carbocycles. The SMILES string of the molecule is CCC(C)Nc1cc(C(=O)N2CCOCC2)nc(C)n1. The molecule has 1 fully saturated rings. The van der Waals surface area contributed by atoms with Crippen LogP contribution in [-0.4, -0.2) is 53.1 Å². The summed E-state index contributed by atoms with van der Waals surface area (Å²) in [6, 6.07) is 2.05. The zero-order valence-electron chi connectivity index (χ0n) is 12.3. The fourth-order valence-corrected chi connectivity index (χ4v) is 2.03. The summed E-state index contributed by atoms with van der Waals surface area (Å²) < 4.78 is 5.26. The van der Waals surface area contributed by atoms with Crippen molar-refractivity contribution in [3.05, 3.63) is 17.6 Å². The topological polar surface area (TPSA) is 67.4 Å². The predicted molar refractivity (Wildman–Crippen MR) is 76.9 cm³/mol. The van der Waals surface area contributed by atoms with Crippen LogP contribution < -0.4 is 5.32 Å². The first kappa shape index (κ1) is 14.7. The Labute approximate surface area is 119 Å². The molecular weight excluding hydrogens is 256 g/mol. The maximum Gasteiger partial charge on any atom is 0.272 e. The van der Waals surface area contributed by atoms with Gasteiger partial charge in [-0.2, -0.15) is 0 Å². The molecule has 1 saturated heterocycles. The molecule has 110 valence electrons. The van der Waals surface area contributed by atoms with Gasteiger partial charge in [-0.1, -0.05) is 6.92 Å². The van der Waals surface area contributed by atoms with Gasteiger partial charge in [0.05, 0.1) is 13.2 Å². The number of anilines is 1. The van der Waals surface area contributed by atoms with Crippen LogP contribution in [0.5, 0.6) is 0 Å². The van der Waals surface area contributed by atoms with Crippen LogP contribution in [0, 0.1) is 6.92 Å². The summed E-state index contributed by atoms with van der Waals surface area (Å²) in [6.07, 6.45) is 0.996. The first-order chi connectivity index (χ1) is 9.60. The highest BCUT2D eigenvalue weighted by atomic mass is 16.5. The van der Waals surface area contributed by atoms with Crippen molar-refractivity contribution < 1.29 is 9.53 Å². The van der Waals surface area contributed by atoms with Gasteiger partial charge in [0.25, 0.3) is 5.91 Å². The van der Waals surface area contributed by atoms with Crippen molar-refractivity contribution in [2.24, 2.45) is 0 Å². The van der Waals surface area contributed by atoms with E-state index in [4.69, 9.17) is 4.74 Å². The Morgan fingerprint density at radius 2 is 2.15 bits per heavy atom. The lowest BCUT2D eigenvalue weighted by Gasteiger charge is -2.26. The largest absolute Gasteiger partial charge is 0.378 e. The Morgan fingerprint density at radius 1 is 1.45 bits per heavy atom. The number of hydrogen-bond donors (Lipinski definition) is 1. The lowest BCUT2D eigenvalue weighted by Crippen LogP contribution is -2.41. The van der Waals surface area contributed by atoms with E-state index in [-0.39, 0.29) is 5.91 Å². The van der Waals surface area contributed by atoms with Crippen LogP contribution in [-0.2, 0) is 4.74 Å². The van der Waals surface area contributed by atoms with Crippen molar-refractivity contribution in [3.63, 3.8) is 0 Å². The number of rotatable bonds is 4. The van der Waals surface area contributed by atoms with Crippen molar-refractivity contribution in [1.82, 2.24) is 14.9 Å². The van der Waals surface area contributed by atoms with E-state index in [2.05, 4.69) is 29.1 Å². The Bertz CT molecular complexity index is 472. The molecule has 1 aliphatic rings. The third kappa shape index (κ3) is 3.66. The lowest BCUT2D eigenvalue weighted by molar-refractivity contribution is 0.0299. The molecule has 1 N–H and O–H groups in total. The van der Waals surface area contributed by atoms with E-state index in [0.717, 1.165) is 6.42 Å². The maximum absolute atomic E-state index is 12.4. The third-order valence-corrected chi connectivity index (χ3v) is 3.36. The molecule has 0 spiro atoms. The molecule has 1 aliphatic heterocycles. The zero-order valence-corrected chi connectivity index (χ0v) is 12.3. The average molecular weight is 278 g/mol. The third-order valence-electron chi connectivity index (χ3n) is 3.36. The van der Waals surface area contributed by atoms with Gasteiger partial charge in [0.15, 0.2) is 0 Å². The normalized spacial score (nSPS) is 16.9. The smallest absolute Gasteiger partial charge is 0.272 e. The highest BCUT2D eigenvalue weighted by molar-refractivity contribution is 5.93. The van der Waals surface area contributed by atoms with Crippen LogP contribution >= 0.6 is 0 Å². The molecule has 6 heteroatoms. The van der Waals surface area contributed by atoms with Gasteiger partial charge < -0.3 is 15.0 Å². The van der Waals surface area contributed by atoms with E-state index < -0.39 is 0 Å². The highest BCUT2D eigenvalue weighted by Crippen LogP contribution is 2.12. The number of ether oxygens (including phenoxy) is 1.